The van der Waals surface area contributed by atoms with Gasteiger partial charge in [-0.3, -0.25) is 0 Å². The zero-order valence-electron chi connectivity index (χ0n) is 6.83. The Labute approximate surface area is 63.7 Å². The third-order valence-corrected chi connectivity index (χ3v) is 4.11. The summed E-state index contributed by atoms with van der Waals surface area (Å²) in [5, 5.41) is 17.7. The van der Waals surface area contributed by atoms with Gasteiger partial charge in [0.05, 0.1) is 8.07 Å². The van der Waals surface area contributed by atoms with Gasteiger partial charge in [-0.25, -0.2) is 0 Å². The van der Waals surface area contributed by atoms with E-state index in [9.17, 15) is 0 Å². The van der Waals surface area contributed by atoms with E-state index in [0.29, 0.717) is 0 Å². The van der Waals surface area contributed by atoms with Gasteiger partial charge in [0.15, 0.2) is 0 Å². The van der Waals surface area contributed by atoms with Crippen molar-refractivity contribution in [3.63, 3.8) is 0 Å². The number of hydrogen-bond acceptors (Lipinski definition) is 2. The van der Waals surface area contributed by atoms with Gasteiger partial charge >= 0.3 is 7.12 Å². The molecule has 0 spiro atoms. The first-order chi connectivity index (χ1) is 4.39. The second-order valence-corrected chi connectivity index (χ2v) is 8.94. The van der Waals surface area contributed by atoms with Crippen LogP contribution in [0.5, 0.6) is 0 Å². The Bertz CT molecular complexity index is 119. The van der Waals surface area contributed by atoms with Crippen LogP contribution in [-0.4, -0.2) is 25.2 Å². The quantitative estimate of drug-likeness (QED) is 0.473. The Morgan fingerprint density at radius 1 is 1.40 bits per heavy atom. The molecule has 0 bridgehead atoms. The third kappa shape index (κ3) is 2.68. The maximum atomic E-state index is 8.87. The van der Waals surface area contributed by atoms with Crippen LogP contribution in [0.4, 0.5) is 0 Å². The summed E-state index contributed by atoms with van der Waals surface area (Å²) in [5.74, 6) is 0. The first-order valence-corrected chi connectivity index (χ1v) is 6.96. The van der Waals surface area contributed by atoms with Gasteiger partial charge in [0.1, 0.15) is 0 Å². The van der Waals surface area contributed by atoms with E-state index in [1.165, 1.54) is 0 Å². The van der Waals surface area contributed by atoms with E-state index >= 15 is 0 Å². The summed E-state index contributed by atoms with van der Waals surface area (Å²) < 4.78 is 0. The summed E-state index contributed by atoms with van der Waals surface area (Å²) in [6.07, 6.45) is 1.64. The highest BCUT2D eigenvalue weighted by molar-refractivity contribution is 6.87. The van der Waals surface area contributed by atoms with Gasteiger partial charge in [-0.2, -0.15) is 0 Å². The zero-order chi connectivity index (χ0) is 8.36. The van der Waals surface area contributed by atoms with Crippen LogP contribution in [0.2, 0.25) is 25.1 Å². The molecule has 0 saturated carbocycles. The lowest BCUT2D eigenvalue weighted by atomic mass is 9.85. The van der Waals surface area contributed by atoms with Crippen molar-refractivity contribution < 1.29 is 10.0 Å². The van der Waals surface area contributed by atoms with Crippen LogP contribution in [-0.2, 0) is 0 Å². The Morgan fingerprint density at radius 2 is 1.80 bits per heavy atom. The fourth-order valence-electron chi connectivity index (χ4n) is 0.922. The van der Waals surface area contributed by atoms with Gasteiger partial charge < -0.3 is 10.0 Å². The number of allylic oxidation sites excluding steroid dienone is 1. The molecule has 0 saturated heterocycles. The summed E-state index contributed by atoms with van der Waals surface area (Å²) >= 11 is 0. The Kier molecular flexibility index (Phi) is 3.35. The second kappa shape index (κ2) is 3.37. The van der Waals surface area contributed by atoms with Gasteiger partial charge in [-0.05, 0) is 0 Å². The average Bonchev–Trinajstić information content (AvgIpc) is 1.60. The first-order valence-electron chi connectivity index (χ1n) is 3.38. The SMILES string of the molecule is C=CC(B(O)O)[Si](C)(C)C. The molecule has 0 heterocycles. The average molecular weight is 158 g/mol. The van der Waals surface area contributed by atoms with E-state index in [2.05, 4.69) is 26.2 Å². The highest BCUT2D eigenvalue weighted by atomic mass is 28.3. The summed E-state index contributed by atoms with van der Waals surface area (Å²) in [5.41, 5.74) is -0.118. The minimum absolute atomic E-state index is 0.118. The molecular formula is C6H15BO2Si. The maximum absolute atomic E-state index is 8.87. The molecule has 58 valence electrons. The molecule has 0 fully saturated rings. The molecule has 0 aliphatic rings. The van der Waals surface area contributed by atoms with Crippen molar-refractivity contribution in [1.29, 1.82) is 0 Å². The van der Waals surface area contributed by atoms with Crippen LogP contribution >= 0.6 is 0 Å². The minimum Gasteiger partial charge on any atom is -0.427 e. The van der Waals surface area contributed by atoms with E-state index in [1.807, 2.05) is 0 Å². The Balaban J connectivity index is 4.21. The Hall–Kier alpha value is -0.0582. The van der Waals surface area contributed by atoms with Gasteiger partial charge in [-0.1, -0.05) is 25.7 Å². The van der Waals surface area contributed by atoms with E-state index < -0.39 is 15.2 Å². The summed E-state index contributed by atoms with van der Waals surface area (Å²) in [7, 11) is -2.70. The van der Waals surface area contributed by atoms with Crippen LogP contribution in [0.25, 0.3) is 0 Å². The van der Waals surface area contributed by atoms with Gasteiger partial charge in [0, 0.05) is 5.44 Å². The molecule has 2 N–H and O–H groups in total. The molecule has 0 aromatic carbocycles. The molecule has 0 radical (unpaired) electrons. The fourth-order valence-corrected chi connectivity index (χ4v) is 2.52. The first kappa shape index (κ1) is 9.94. The fraction of sp³-hybridized carbons (Fsp3) is 0.667. The van der Waals surface area contributed by atoms with Crippen molar-refractivity contribution in [3.05, 3.63) is 12.7 Å². The summed E-state index contributed by atoms with van der Waals surface area (Å²) in [4.78, 5) is 0. The van der Waals surface area contributed by atoms with Gasteiger partial charge in [0.25, 0.3) is 0 Å². The largest absolute Gasteiger partial charge is 0.455 e. The summed E-state index contributed by atoms with van der Waals surface area (Å²) in [6, 6.07) is 0. The van der Waals surface area contributed by atoms with Crippen LogP contribution in [0.15, 0.2) is 12.7 Å². The highest BCUT2D eigenvalue weighted by Gasteiger charge is 2.33. The molecule has 2 nitrogen and oxygen atoms in total. The molecule has 1 atom stereocenters. The molecule has 0 aliphatic carbocycles. The van der Waals surface area contributed by atoms with Crippen LogP contribution < -0.4 is 0 Å². The molecule has 0 aliphatic heterocycles. The molecule has 0 aromatic heterocycles. The van der Waals surface area contributed by atoms with Crippen molar-refractivity contribution >= 4 is 15.2 Å². The smallest absolute Gasteiger partial charge is 0.427 e. The van der Waals surface area contributed by atoms with E-state index in [4.69, 9.17) is 10.0 Å². The normalized spacial score (nSPS) is 14.5. The lowest BCUT2D eigenvalue weighted by molar-refractivity contribution is 0.405. The molecular weight excluding hydrogens is 143 g/mol. The van der Waals surface area contributed by atoms with Crippen LogP contribution in [0.3, 0.4) is 0 Å². The lowest BCUT2D eigenvalue weighted by Gasteiger charge is -2.24. The number of rotatable bonds is 3. The summed E-state index contributed by atoms with van der Waals surface area (Å²) in [6.45, 7) is 9.81. The topological polar surface area (TPSA) is 40.5 Å². The second-order valence-electron chi connectivity index (χ2n) is 3.54. The third-order valence-electron chi connectivity index (χ3n) is 1.58. The highest BCUT2D eigenvalue weighted by Crippen LogP contribution is 2.23. The number of hydrogen-bond donors (Lipinski definition) is 2. The Morgan fingerprint density at radius 3 is 1.80 bits per heavy atom. The van der Waals surface area contributed by atoms with Crippen molar-refractivity contribution in [1.82, 2.24) is 0 Å². The van der Waals surface area contributed by atoms with Crippen molar-refractivity contribution in [3.8, 4) is 0 Å². The molecule has 0 aromatic rings. The van der Waals surface area contributed by atoms with Crippen molar-refractivity contribution in [2.45, 2.75) is 25.1 Å². The standard InChI is InChI=1S/C6H15BO2Si/c1-5-6(7(8)9)10(2,3)4/h5-6,8-9H,1H2,2-4H3. The van der Waals surface area contributed by atoms with Gasteiger partial charge in [-0.15, -0.1) is 6.58 Å². The zero-order valence-corrected chi connectivity index (χ0v) is 7.83. The predicted molar refractivity (Wildman–Crippen MR) is 47.5 cm³/mol. The molecule has 4 heteroatoms. The lowest BCUT2D eigenvalue weighted by Crippen LogP contribution is -2.37. The van der Waals surface area contributed by atoms with Crippen molar-refractivity contribution in [2.24, 2.45) is 0 Å². The predicted octanol–water partition coefficient (Wildman–Crippen LogP) is 0.893. The molecule has 1 unspecified atom stereocenters. The molecule has 0 rings (SSSR count). The minimum atomic E-state index is -1.47. The molecule has 10 heavy (non-hydrogen) atoms. The van der Waals surface area contributed by atoms with Crippen LogP contribution in [0, 0.1) is 0 Å². The van der Waals surface area contributed by atoms with Crippen LogP contribution in [0.1, 0.15) is 0 Å². The van der Waals surface area contributed by atoms with E-state index in [-0.39, 0.29) is 5.44 Å². The monoisotopic (exact) mass is 158 g/mol. The molecule has 0 amide bonds. The maximum Gasteiger partial charge on any atom is 0.455 e. The van der Waals surface area contributed by atoms with Gasteiger partial charge in [0.2, 0.25) is 0 Å². The van der Waals surface area contributed by atoms with E-state index in [1.54, 1.807) is 6.08 Å². The van der Waals surface area contributed by atoms with E-state index in [0.717, 1.165) is 0 Å². The van der Waals surface area contributed by atoms with Crippen molar-refractivity contribution in [2.75, 3.05) is 0 Å².